The third-order valence-corrected chi connectivity index (χ3v) is 11.5. The van der Waals surface area contributed by atoms with Gasteiger partial charge in [-0.1, -0.05) is 40.0 Å². The summed E-state index contributed by atoms with van der Waals surface area (Å²) in [6.45, 7) is 6.87. The lowest BCUT2D eigenvalue weighted by Gasteiger charge is -2.61. The summed E-state index contributed by atoms with van der Waals surface area (Å²) >= 11 is 0. The Kier molecular flexibility index (Phi) is 4.14. The van der Waals surface area contributed by atoms with E-state index in [2.05, 4.69) is 13.8 Å². The highest BCUT2D eigenvalue weighted by Crippen LogP contribution is 2.66. The molecule has 4 saturated carbocycles. The van der Waals surface area contributed by atoms with Crippen LogP contribution in [0.4, 0.5) is 0 Å². The minimum Gasteiger partial charge on any atom is -0.229 e. The number of rotatable bonds is 2. The summed E-state index contributed by atoms with van der Waals surface area (Å²) < 4.78 is 26.0. The molecule has 0 radical (unpaired) electrons. The van der Waals surface area contributed by atoms with E-state index in [1.807, 2.05) is 6.92 Å². The third-order valence-electron chi connectivity index (χ3n) is 9.21. The Morgan fingerprint density at radius 2 is 1.62 bits per heavy atom. The molecule has 7 atom stereocenters. The van der Waals surface area contributed by atoms with E-state index in [4.69, 9.17) is 0 Å². The molecule has 4 aliphatic rings. The molecule has 4 aliphatic carbocycles. The van der Waals surface area contributed by atoms with E-state index in [9.17, 15) is 8.42 Å². The van der Waals surface area contributed by atoms with Crippen LogP contribution >= 0.6 is 0 Å². The van der Waals surface area contributed by atoms with Crippen LogP contribution in [0, 0.1) is 34.5 Å². The lowest BCUT2D eigenvalue weighted by Crippen LogP contribution is -2.58. The SMILES string of the molecule is CCS(=O)(=O)[C@@H]1C[C@H]2[C@@H]3CCC[C@@]3(C)CC[C@@H]2[C@@]2(C)CCCC[C@H]12. The van der Waals surface area contributed by atoms with Crippen molar-refractivity contribution < 1.29 is 8.42 Å². The molecule has 4 fully saturated rings. The molecule has 0 spiro atoms. The first-order valence-corrected chi connectivity index (χ1v) is 12.2. The maximum Gasteiger partial charge on any atom is 0.153 e. The van der Waals surface area contributed by atoms with Gasteiger partial charge in [0.2, 0.25) is 0 Å². The lowest BCUT2D eigenvalue weighted by atomic mass is 9.45. The molecule has 4 rings (SSSR count). The molecule has 0 aliphatic heterocycles. The molecule has 0 unspecified atom stereocenters. The van der Waals surface area contributed by atoms with Gasteiger partial charge < -0.3 is 0 Å². The van der Waals surface area contributed by atoms with Crippen molar-refractivity contribution in [3.63, 3.8) is 0 Å². The number of hydrogen-bond donors (Lipinski definition) is 0. The molecule has 0 bridgehead atoms. The van der Waals surface area contributed by atoms with Crippen LogP contribution in [0.15, 0.2) is 0 Å². The minimum absolute atomic E-state index is 0.0444. The molecule has 24 heavy (non-hydrogen) atoms. The summed E-state index contributed by atoms with van der Waals surface area (Å²) in [4.78, 5) is 0. The van der Waals surface area contributed by atoms with Gasteiger partial charge >= 0.3 is 0 Å². The highest BCUT2D eigenvalue weighted by Gasteiger charge is 2.61. The Hall–Kier alpha value is -0.0500. The van der Waals surface area contributed by atoms with Gasteiger partial charge in [-0.15, -0.1) is 0 Å². The predicted molar refractivity (Wildman–Crippen MR) is 99.6 cm³/mol. The lowest BCUT2D eigenvalue weighted by molar-refractivity contribution is -0.101. The van der Waals surface area contributed by atoms with Crippen LogP contribution < -0.4 is 0 Å². The van der Waals surface area contributed by atoms with Gasteiger partial charge in [0.15, 0.2) is 9.84 Å². The van der Waals surface area contributed by atoms with Gasteiger partial charge in [0.1, 0.15) is 0 Å². The molecule has 0 aromatic carbocycles. The fraction of sp³-hybridized carbons (Fsp3) is 1.00. The van der Waals surface area contributed by atoms with E-state index in [1.165, 1.54) is 51.4 Å². The van der Waals surface area contributed by atoms with E-state index in [0.29, 0.717) is 23.0 Å². The molecular weight excluding hydrogens is 316 g/mol. The Bertz CT molecular complexity index is 597. The van der Waals surface area contributed by atoms with Crippen molar-refractivity contribution in [3.8, 4) is 0 Å². The summed E-state index contributed by atoms with van der Waals surface area (Å²) in [6.07, 6.45) is 12.9. The third kappa shape index (κ3) is 2.36. The predicted octanol–water partition coefficient (Wildman–Crippen LogP) is 5.22. The molecule has 3 heteroatoms. The molecule has 0 amide bonds. The van der Waals surface area contributed by atoms with Crippen molar-refractivity contribution in [2.75, 3.05) is 5.75 Å². The number of fused-ring (bicyclic) bond motifs is 5. The summed E-state index contributed by atoms with van der Waals surface area (Å²) in [5.74, 6) is 3.04. The minimum atomic E-state index is -2.93. The van der Waals surface area contributed by atoms with Crippen molar-refractivity contribution in [2.24, 2.45) is 34.5 Å². The van der Waals surface area contributed by atoms with Crippen LogP contribution in [0.2, 0.25) is 0 Å². The first-order chi connectivity index (χ1) is 11.3. The van der Waals surface area contributed by atoms with Crippen molar-refractivity contribution in [2.45, 2.75) is 90.2 Å². The molecule has 0 saturated heterocycles. The van der Waals surface area contributed by atoms with Gasteiger partial charge in [0, 0.05) is 5.75 Å². The normalized spacial score (nSPS) is 51.5. The van der Waals surface area contributed by atoms with Crippen LogP contribution in [0.1, 0.15) is 85.0 Å². The molecule has 0 aromatic rings. The number of hydrogen-bond acceptors (Lipinski definition) is 2. The monoisotopic (exact) mass is 352 g/mol. The summed E-state index contributed by atoms with van der Waals surface area (Å²) in [5.41, 5.74) is 0.803. The van der Waals surface area contributed by atoms with E-state index < -0.39 is 9.84 Å². The molecule has 138 valence electrons. The second-order valence-corrected chi connectivity index (χ2v) is 12.6. The van der Waals surface area contributed by atoms with Gasteiger partial charge in [0.05, 0.1) is 5.25 Å². The maximum atomic E-state index is 13.0. The highest BCUT2D eigenvalue weighted by molar-refractivity contribution is 7.92. The first kappa shape index (κ1) is 17.4. The summed E-state index contributed by atoms with van der Waals surface area (Å²) in [5, 5.41) is -0.0444. The van der Waals surface area contributed by atoms with E-state index >= 15 is 0 Å². The quantitative estimate of drug-likeness (QED) is 0.682. The zero-order chi connectivity index (χ0) is 17.2. The zero-order valence-electron chi connectivity index (χ0n) is 15.9. The summed E-state index contributed by atoms with van der Waals surface area (Å²) in [7, 11) is -2.93. The molecule has 0 N–H and O–H groups in total. The van der Waals surface area contributed by atoms with Crippen molar-refractivity contribution in [1.29, 1.82) is 0 Å². The van der Waals surface area contributed by atoms with Crippen molar-refractivity contribution >= 4 is 9.84 Å². The van der Waals surface area contributed by atoms with Crippen molar-refractivity contribution in [1.82, 2.24) is 0 Å². The largest absolute Gasteiger partial charge is 0.229 e. The van der Waals surface area contributed by atoms with Crippen LogP contribution in [0.25, 0.3) is 0 Å². The zero-order valence-corrected chi connectivity index (χ0v) is 16.7. The second-order valence-electron chi connectivity index (χ2n) is 10.0. The molecule has 2 nitrogen and oxygen atoms in total. The van der Waals surface area contributed by atoms with Gasteiger partial charge in [-0.25, -0.2) is 8.42 Å². The van der Waals surface area contributed by atoms with Crippen LogP contribution in [0.3, 0.4) is 0 Å². The summed E-state index contributed by atoms with van der Waals surface area (Å²) in [6, 6.07) is 0. The number of sulfone groups is 1. The average Bonchev–Trinajstić information content (AvgIpc) is 2.95. The van der Waals surface area contributed by atoms with Crippen LogP contribution in [-0.4, -0.2) is 19.4 Å². The van der Waals surface area contributed by atoms with Gasteiger partial charge in [-0.3, -0.25) is 0 Å². The maximum absolute atomic E-state index is 13.0. The highest BCUT2D eigenvalue weighted by atomic mass is 32.2. The molecule has 0 aromatic heterocycles. The molecular formula is C21H36O2S. The van der Waals surface area contributed by atoms with E-state index in [0.717, 1.165) is 24.7 Å². The van der Waals surface area contributed by atoms with Gasteiger partial charge in [-0.2, -0.15) is 0 Å². The first-order valence-electron chi connectivity index (χ1n) is 10.5. The fourth-order valence-corrected chi connectivity index (χ4v) is 9.82. The fourth-order valence-electron chi connectivity index (χ4n) is 7.93. The average molecular weight is 353 g/mol. The van der Waals surface area contributed by atoms with E-state index in [1.54, 1.807) is 0 Å². The topological polar surface area (TPSA) is 34.1 Å². The van der Waals surface area contributed by atoms with Crippen LogP contribution in [-0.2, 0) is 9.84 Å². The Labute approximate surface area is 149 Å². The van der Waals surface area contributed by atoms with Crippen LogP contribution in [0.5, 0.6) is 0 Å². The Morgan fingerprint density at radius 1 is 0.875 bits per heavy atom. The molecule has 0 heterocycles. The Balaban J connectivity index is 1.75. The standard InChI is InChI=1S/C21H36O2S/c1-4-24(22,23)19-14-15-16-9-7-11-20(16,2)13-10-17(15)21(3)12-6-5-8-18(19)21/h15-19H,4-14H2,1-3H3/t15-,16-,17-,18+,19+,20-,21+/m0/s1. The van der Waals surface area contributed by atoms with Gasteiger partial charge in [0.25, 0.3) is 0 Å². The van der Waals surface area contributed by atoms with Crippen molar-refractivity contribution in [3.05, 3.63) is 0 Å². The Morgan fingerprint density at radius 3 is 2.38 bits per heavy atom. The van der Waals surface area contributed by atoms with E-state index in [-0.39, 0.29) is 10.7 Å². The second kappa shape index (κ2) is 5.72. The van der Waals surface area contributed by atoms with Gasteiger partial charge in [-0.05, 0) is 79.4 Å². The smallest absolute Gasteiger partial charge is 0.153 e.